The number of anilines is 3. The van der Waals surface area contributed by atoms with E-state index in [1.165, 1.54) is 76.7 Å². The van der Waals surface area contributed by atoms with Crippen LogP contribution in [0.25, 0.3) is 82.4 Å². The second-order valence-corrected chi connectivity index (χ2v) is 15.0. The van der Waals surface area contributed by atoms with Gasteiger partial charge in [0.05, 0.1) is 11.0 Å². The zero-order valence-electron chi connectivity index (χ0n) is 31.8. The van der Waals surface area contributed by atoms with Crippen molar-refractivity contribution in [1.29, 1.82) is 0 Å². The van der Waals surface area contributed by atoms with Crippen molar-refractivity contribution < 1.29 is 0 Å². The maximum atomic E-state index is 2.39. The average molecular weight is 739 g/mol. The molecule has 1 aromatic heterocycles. The molecule has 0 saturated heterocycles. The van der Waals surface area contributed by atoms with E-state index in [0.29, 0.717) is 0 Å². The molecule has 272 valence electrons. The van der Waals surface area contributed by atoms with Crippen LogP contribution in [0.3, 0.4) is 0 Å². The number of hydrogen-bond acceptors (Lipinski definition) is 1. The second-order valence-electron chi connectivity index (χ2n) is 15.0. The van der Waals surface area contributed by atoms with E-state index in [4.69, 9.17) is 0 Å². The van der Waals surface area contributed by atoms with Gasteiger partial charge in [-0.1, -0.05) is 158 Å². The molecule has 0 aliphatic carbocycles. The SMILES string of the molecule is c1ccc(-c2cccc(N(c3ccc(-c4ccc5ccc(-c6ccc7ccccc7c6)cc5c4)cc3)c3ccc4c5ccccc5n(-c5ccccc5)c4c3)c2)cc1. The van der Waals surface area contributed by atoms with Crippen LogP contribution in [0.5, 0.6) is 0 Å². The number of rotatable bonds is 7. The van der Waals surface area contributed by atoms with Gasteiger partial charge in [-0.05, 0) is 128 Å². The van der Waals surface area contributed by atoms with E-state index in [2.05, 4.69) is 240 Å². The topological polar surface area (TPSA) is 8.17 Å². The van der Waals surface area contributed by atoms with Crippen molar-refractivity contribution in [3.8, 4) is 39.1 Å². The zero-order chi connectivity index (χ0) is 38.4. The fraction of sp³-hybridized carbons (Fsp3) is 0. The molecule has 2 heteroatoms. The van der Waals surface area contributed by atoms with Crippen LogP contribution in [0.2, 0.25) is 0 Å². The first-order chi connectivity index (χ1) is 28.7. The smallest absolute Gasteiger partial charge is 0.0561 e. The Labute approximate surface area is 338 Å². The van der Waals surface area contributed by atoms with E-state index < -0.39 is 0 Å². The fourth-order valence-electron chi connectivity index (χ4n) is 8.63. The van der Waals surface area contributed by atoms with Crippen LogP contribution in [0.15, 0.2) is 231 Å². The van der Waals surface area contributed by atoms with Gasteiger partial charge in [-0.2, -0.15) is 0 Å². The van der Waals surface area contributed by atoms with Crippen molar-refractivity contribution in [3.05, 3.63) is 231 Å². The highest BCUT2D eigenvalue weighted by Gasteiger charge is 2.18. The first-order valence-corrected chi connectivity index (χ1v) is 19.9. The number of hydrogen-bond donors (Lipinski definition) is 0. The summed E-state index contributed by atoms with van der Waals surface area (Å²) in [6.07, 6.45) is 0. The Kier molecular flexibility index (Phi) is 8.19. The Morgan fingerprint density at radius 1 is 0.259 bits per heavy atom. The number of fused-ring (bicyclic) bond motifs is 5. The molecule has 11 rings (SSSR count). The van der Waals surface area contributed by atoms with Crippen molar-refractivity contribution in [3.63, 3.8) is 0 Å². The van der Waals surface area contributed by atoms with Gasteiger partial charge in [-0.15, -0.1) is 0 Å². The molecule has 0 aliphatic rings. The molecule has 0 radical (unpaired) electrons. The van der Waals surface area contributed by atoms with Gasteiger partial charge < -0.3 is 9.47 Å². The van der Waals surface area contributed by atoms with Crippen LogP contribution in [0, 0.1) is 0 Å². The van der Waals surface area contributed by atoms with Crippen molar-refractivity contribution in [1.82, 2.24) is 4.57 Å². The highest BCUT2D eigenvalue weighted by atomic mass is 15.1. The molecular weight excluding hydrogens is 701 g/mol. The normalized spacial score (nSPS) is 11.4. The van der Waals surface area contributed by atoms with Gasteiger partial charge in [-0.3, -0.25) is 0 Å². The van der Waals surface area contributed by atoms with Crippen molar-refractivity contribution in [2.75, 3.05) is 4.90 Å². The third-order valence-corrected chi connectivity index (χ3v) is 11.5. The Bertz CT molecular complexity index is 3270. The van der Waals surface area contributed by atoms with Gasteiger partial charge in [0.1, 0.15) is 0 Å². The first-order valence-electron chi connectivity index (χ1n) is 19.9. The molecule has 0 saturated carbocycles. The van der Waals surface area contributed by atoms with E-state index in [-0.39, 0.29) is 0 Å². The van der Waals surface area contributed by atoms with Gasteiger partial charge >= 0.3 is 0 Å². The van der Waals surface area contributed by atoms with Crippen LogP contribution < -0.4 is 4.90 Å². The van der Waals surface area contributed by atoms with Crippen LogP contribution in [0.1, 0.15) is 0 Å². The number of aromatic nitrogens is 1. The minimum absolute atomic E-state index is 1.09. The summed E-state index contributed by atoms with van der Waals surface area (Å²) in [7, 11) is 0. The lowest BCUT2D eigenvalue weighted by atomic mass is 9.96. The van der Waals surface area contributed by atoms with Crippen molar-refractivity contribution in [2.24, 2.45) is 0 Å². The van der Waals surface area contributed by atoms with Gasteiger partial charge in [0.2, 0.25) is 0 Å². The molecule has 0 N–H and O–H groups in total. The van der Waals surface area contributed by atoms with Crippen molar-refractivity contribution >= 4 is 60.4 Å². The highest BCUT2D eigenvalue weighted by molar-refractivity contribution is 6.10. The zero-order valence-corrected chi connectivity index (χ0v) is 31.8. The molecule has 11 aromatic rings. The minimum atomic E-state index is 1.09. The number of nitrogens with zero attached hydrogens (tertiary/aromatic N) is 2. The largest absolute Gasteiger partial charge is 0.310 e. The summed E-state index contributed by atoms with van der Waals surface area (Å²) in [4.78, 5) is 2.39. The molecule has 58 heavy (non-hydrogen) atoms. The predicted molar refractivity (Wildman–Crippen MR) is 247 cm³/mol. The van der Waals surface area contributed by atoms with Crippen LogP contribution in [0.4, 0.5) is 17.1 Å². The molecule has 0 bridgehead atoms. The summed E-state index contributed by atoms with van der Waals surface area (Å²) in [5, 5.41) is 7.46. The summed E-state index contributed by atoms with van der Waals surface area (Å²) in [5.74, 6) is 0. The molecule has 0 unspecified atom stereocenters. The maximum absolute atomic E-state index is 2.39. The van der Waals surface area contributed by atoms with Gasteiger partial charge in [0.25, 0.3) is 0 Å². The van der Waals surface area contributed by atoms with Crippen LogP contribution in [-0.2, 0) is 0 Å². The quantitative estimate of drug-likeness (QED) is 0.158. The number of benzene rings is 10. The van der Waals surface area contributed by atoms with Gasteiger partial charge in [-0.25, -0.2) is 0 Å². The molecule has 0 atom stereocenters. The lowest BCUT2D eigenvalue weighted by Gasteiger charge is -2.26. The van der Waals surface area contributed by atoms with E-state index in [1.54, 1.807) is 0 Å². The lowest BCUT2D eigenvalue weighted by molar-refractivity contribution is 1.18. The molecule has 1 heterocycles. The third-order valence-electron chi connectivity index (χ3n) is 11.5. The standard InChI is InChI=1S/C56H38N2/c1-3-12-39(13-4-1)44-16-11-19-51(37-44)57(52-32-33-54-53-20-9-10-21-55(53)58(56(54)38-52)49-17-5-2-6-18-49)50-30-28-41(29-31-50)45-25-23-42-24-27-47(36-48(42)35-45)46-26-22-40-14-7-8-15-43(40)34-46/h1-38H. The van der Waals surface area contributed by atoms with E-state index in [9.17, 15) is 0 Å². The minimum Gasteiger partial charge on any atom is -0.310 e. The van der Waals surface area contributed by atoms with Crippen LogP contribution >= 0.6 is 0 Å². The van der Waals surface area contributed by atoms with E-state index in [0.717, 1.165) is 22.7 Å². The molecule has 2 nitrogen and oxygen atoms in total. The summed E-state index contributed by atoms with van der Waals surface area (Å²) < 4.78 is 2.39. The molecule has 0 amide bonds. The van der Waals surface area contributed by atoms with Crippen LogP contribution in [-0.4, -0.2) is 4.57 Å². The van der Waals surface area contributed by atoms with Crippen molar-refractivity contribution in [2.45, 2.75) is 0 Å². The van der Waals surface area contributed by atoms with E-state index in [1.807, 2.05) is 0 Å². The second kappa shape index (κ2) is 14.1. The summed E-state index contributed by atoms with van der Waals surface area (Å²) in [6.45, 7) is 0. The average Bonchev–Trinajstić information content (AvgIpc) is 3.63. The Morgan fingerprint density at radius 3 is 1.52 bits per heavy atom. The Balaban J connectivity index is 1.02. The summed E-state index contributed by atoms with van der Waals surface area (Å²) >= 11 is 0. The predicted octanol–water partition coefficient (Wildman–Crippen LogP) is 15.6. The molecule has 0 fully saturated rings. The third kappa shape index (κ3) is 6.00. The lowest BCUT2D eigenvalue weighted by Crippen LogP contribution is -2.10. The van der Waals surface area contributed by atoms with Gasteiger partial charge in [0.15, 0.2) is 0 Å². The molecule has 10 aromatic carbocycles. The first kappa shape index (κ1) is 33.6. The Morgan fingerprint density at radius 2 is 0.759 bits per heavy atom. The summed E-state index contributed by atoms with van der Waals surface area (Å²) in [6, 6.07) is 83.8. The molecule has 0 aliphatic heterocycles. The fourth-order valence-corrected chi connectivity index (χ4v) is 8.63. The number of para-hydroxylation sites is 2. The summed E-state index contributed by atoms with van der Waals surface area (Å²) in [5.41, 5.74) is 14.0. The molecular formula is C56H38N2. The maximum Gasteiger partial charge on any atom is 0.0561 e. The highest BCUT2D eigenvalue weighted by Crippen LogP contribution is 2.41. The van der Waals surface area contributed by atoms with Gasteiger partial charge in [0, 0.05) is 33.5 Å². The molecule has 0 spiro atoms. The monoisotopic (exact) mass is 738 g/mol. The van der Waals surface area contributed by atoms with E-state index >= 15 is 0 Å². The Hall–Kier alpha value is -7.68.